The van der Waals surface area contributed by atoms with Gasteiger partial charge < -0.3 is 20.9 Å². The first-order chi connectivity index (χ1) is 16.7. The molecule has 0 spiro atoms. The molecule has 6 heteroatoms. The van der Waals surface area contributed by atoms with Gasteiger partial charge in [0.05, 0.1) is 6.61 Å². The van der Waals surface area contributed by atoms with Crippen LogP contribution in [0.25, 0.3) is 11.1 Å². The number of nitrogens with one attached hydrogen (secondary N) is 1. The first kappa shape index (κ1) is 32.4. The third-order valence-corrected chi connectivity index (χ3v) is 5.23. The second-order valence-electron chi connectivity index (χ2n) is 9.38. The van der Waals surface area contributed by atoms with Crippen molar-refractivity contribution in [3.63, 3.8) is 0 Å². The van der Waals surface area contributed by atoms with Gasteiger partial charge in [0.15, 0.2) is 6.23 Å². The van der Waals surface area contributed by atoms with E-state index in [-0.39, 0.29) is 12.8 Å². The van der Waals surface area contributed by atoms with E-state index in [1.54, 1.807) is 13.2 Å². The van der Waals surface area contributed by atoms with E-state index in [2.05, 4.69) is 46.0 Å². The number of allylic oxidation sites excluding steroid dienone is 2. The Balaban J connectivity index is 0.00000110. The molecule has 6 N–H and O–H groups in total. The van der Waals surface area contributed by atoms with Crippen LogP contribution in [0, 0.1) is 5.41 Å². The van der Waals surface area contributed by atoms with Crippen LogP contribution in [0.15, 0.2) is 60.7 Å². The molecule has 2 rings (SSSR count). The second-order valence-corrected chi connectivity index (χ2v) is 9.38. The van der Waals surface area contributed by atoms with Crippen LogP contribution in [0.2, 0.25) is 0 Å². The Hall–Kier alpha value is -2.64. The summed E-state index contributed by atoms with van der Waals surface area (Å²) in [6.45, 7) is 13.1. The lowest BCUT2D eigenvalue weighted by molar-refractivity contribution is -0.176. The number of hydrogen-bond donors (Lipinski definition) is 5. The van der Waals surface area contributed by atoms with E-state index in [4.69, 9.17) is 26.1 Å². The van der Waals surface area contributed by atoms with Crippen molar-refractivity contribution in [1.82, 2.24) is 0 Å². The fourth-order valence-electron chi connectivity index (χ4n) is 3.60. The molecule has 0 radical (unpaired) electrons. The number of ether oxygens (including phenoxy) is 1. The highest BCUT2D eigenvalue weighted by Crippen LogP contribution is 2.30. The number of nitrogens with two attached hydrogens (primary N) is 1. The zero-order valence-corrected chi connectivity index (χ0v) is 22.5. The van der Waals surface area contributed by atoms with E-state index < -0.39 is 0 Å². The number of rotatable bonds is 9. The van der Waals surface area contributed by atoms with Crippen LogP contribution in [-0.2, 0) is 4.74 Å². The zero-order chi connectivity index (χ0) is 26.9. The quantitative estimate of drug-likeness (QED) is 0.109. The molecule has 2 aromatic rings. The standard InChI is InChI=1S/C22H28N2O2.C7H16.H2O2/c1-4-8-20(22(26-3)24-18-9-6-5-7-10-18)19-12-11-17(15-21(19)23)16(2)13-14-25;1-5-6-7(2,3)4;1-2/h5-13,15,22,24-25H,4,14,23H2,1-3H3;5-6H2,1-4H3;1-2H/b16-13+,20-8+;;. The van der Waals surface area contributed by atoms with E-state index >= 15 is 0 Å². The third-order valence-electron chi connectivity index (χ3n) is 5.23. The lowest BCUT2D eigenvalue weighted by Gasteiger charge is -2.23. The average Bonchev–Trinajstić information content (AvgIpc) is 2.83. The van der Waals surface area contributed by atoms with Crippen molar-refractivity contribution in [2.45, 2.75) is 67.0 Å². The fraction of sp³-hybridized carbons (Fsp3) is 0.448. The number of hydrogen-bond acceptors (Lipinski definition) is 6. The molecule has 0 aliphatic heterocycles. The Morgan fingerprint density at radius 3 is 2.11 bits per heavy atom. The van der Waals surface area contributed by atoms with E-state index in [0.717, 1.165) is 34.4 Å². The molecule has 0 aliphatic carbocycles. The van der Waals surface area contributed by atoms with Gasteiger partial charge >= 0.3 is 0 Å². The Kier molecular flexibility index (Phi) is 16.4. The summed E-state index contributed by atoms with van der Waals surface area (Å²) in [4.78, 5) is 0. The van der Waals surface area contributed by atoms with Crippen LogP contribution in [0.5, 0.6) is 0 Å². The highest BCUT2D eigenvalue weighted by Gasteiger charge is 2.18. The van der Waals surface area contributed by atoms with Gasteiger partial charge in [-0.3, -0.25) is 10.5 Å². The number of nitrogen functional groups attached to an aromatic ring is 1. The van der Waals surface area contributed by atoms with Crippen LogP contribution in [0.1, 0.15) is 71.9 Å². The molecule has 6 nitrogen and oxygen atoms in total. The molecule has 0 aromatic heterocycles. The maximum Gasteiger partial charge on any atom is 0.153 e. The first-order valence-electron chi connectivity index (χ1n) is 12.1. The third kappa shape index (κ3) is 12.6. The minimum absolute atomic E-state index is 0.0151. The Labute approximate surface area is 212 Å². The zero-order valence-electron chi connectivity index (χ0n) is 22.5. The smallest absolute Gasteiger partial charge is 0.153 e. The van der Waals surface area contributed by atoms with Gasteiger partial charge in [-0.1, -0.05) is 83.5 Å². The van der Waals surface area contributed by atoms with E-state index in [1.807, 2.05) is 55.5 Å². The van der Waals surface area contributed by atoms with Gasteiger partial charge in [-0.15, -0.1) is 0 Å². The topological polar surface area (TPSA) is 108 Å². The molecule has 1 atom stereocenters. The molecule has 0 saturated heterocycles. The lowest BCUT2D eigenvalue weighted by Crippen LogP contribution is -2.24. The number of anilines is 2. The van der Waals surface area contributed by atoms with Crippen LogP contribution in [-0.4, -0.2) is 35.6 Å². The molecule has 0 aliphatic rings. The highest BCUT2D eigenvalue weighted by atomic mass is 17.0. The first-order valence-corrected chi connectivity index (χ1v) is 12.1. The normalized spacial score (nSPS) is 12.6. The summed E-state index contributed by atoms with van der Waals surface area (Å²) in [5.41, 5.74) is 12.5. The molecule has 2 aromatic carbocycles. The summed E-state index contributed by atoms with van der Waals surface area (Å²) in [7, 11) is 1.68. The molecular weight excluding hydrogens is 440 g/mol. The predicted molar refractivity (Wildman–Crippen MR) is 150 cm³/mol. The maximum atomic E-state index is 9.08. The number of benzene rings is 2. The van der Waals surface area contributed by atoms with Gasteiger partial charge in [0.25, 0.3) is 0 Å². The van der Waals surface area contributed by atoms with Crippen molar-refractivity contribution in [2.75, 3.05) is 24.8 Å². The minimum atomic E-state index is -0.306. The molecule has 196 valence electrons. The van der Waals surface area contributed by atoms with Crippen molar-refractivity contribution in [1.29, 1.82) is 0 Å². The molecule has 35 heavy (non-hydrogen) atoms. The maximum absolute atomic E-state index is 9.08. The van der Waals surface area contributed by atoms with Crippen LogP contribution >= 0.6 is 0 Å². The number of aliphatic hydroxyl groups is 1. The molecule has 0 fully saturated rings. The van der Waals surface area contributed by atoms with Crippen LogP contribution in [0.4, 0.5) is 11.4 Å². The Bertz CT molecular complexity index is 887. The van der Waals surface area contributed by atoms with Crippen molar-refractivity contribution < 1.29 is 20.4 Å². The van der Waals surface area contributed by atoms with E-state index in [1.165, 1.54) is 12.8 Å². The molecule has 0 saturated carbocycles. The van der Waals surface area contributed by atoms with Gasteiger partial charge in [-0.25, -0.2) is 0 Å². The van der Waals surface area contributed by atoms with Crippen molar-refractivity contribution in [3.05, 3.63) is 71.8 Å². The SMILES string of the molecule is CC/C=C(\c1ccc(/C(C)=C/CO)cc1N)C(Nc1ccccc1)OC.CCCC(C)(C)C.OO. The molecule has 0 bridgehead atoms. The van der Waals surface area contributed by atoms with Crippen molar-refractivity contribution in [2.24, 2.45) is 5.41 Å². The summed E-state index contributed by atoms with van der Waals surface area (Å²) >= 11 is 0. The number of methoxy groups -OCH3 is 1. The summed E-state index contributed by atoms with van der Waals surface area (Å²) < 4.78 is 5.72. The fourth-order valence-corrected chi connectivity index (χ4v) is 3.60. The predicted octanol–water partition coefficient (Wildman–Crippen LogP) is 7.39. The number of aliphatic hydroxyl groups excluding tert-OH is 1. The van der Waals surface area contributed by atoms with Crippen molar-refractivity contribution in [3.8, 4) is 0 Å². The van der Waals surface area contributed by atoms with Gasteiger partial charge in [0, 0.05) is 29.6 Å². The Morgan fingerprint density at radius 1 is 1.06 bits per heavy atom. The molecular formula is C29H46N2O4. The van der Waals surface area contributed by atoms with Gasteiger partial charge in [0.2, 0.25) is 0 Å². The monoisotopic (exact) mass is 486 g/mol. The largest absolute Gasteiger partial charge is 0.398 e. The van der Waals surface area contributed by atoms with E-state index in [0.29, 0.717) is 11.1 Å². The summed E-state index contributed by atoms with van der Waals surface area (Å²) in [5, 5.41) is 24.5. The average molecular weight is 487 g/mol. The Morgan fingerprint density at radius 2 is 1.69 bits per heavy atom. The number of para-hydroxylation sites is 1. The minimum Gasteiger partial charge on any atom is -0.398 e. The molecule has 0 heterocycles. The van der Waals surface area contributed by atoms with Crippen molar-refractivity contribution >= 4 is 22.5 Å². The molecule has 1 unspecified atom stereocenters. The van der Waals surface area contributed by atoms with Gasteiger partial charge in [-0.2, -0.15) is 0 Å². The highest BCUT2D eigenvalue weighted by molar-refractivity contribution is 5.81. The van der Waals surface area contributed by atoms with E-state index in [9.17, 15) is 0 Å². The summed E-state index contributed by atoms with van der Waals surface area (Å²) in [6, 6.07) is 15.9. The summed E-state index contributed by atoms with van der Waals surface area (Å²) in [6.07, 6.45) is 7.12. The lowest BCUT2D eigenvalue weighted by atomic mass is 9.91. The second kappa shape index (κ2) is 17.7. The van der Waals surface area contributed by atoms with Crippen LogP contribution in [0.3, 0.4) is 0 Å². The van der Waals surface area contributed by atoms with Gasteiger partial charge in [0.1, 0.15) is 0 Å². The van der Waals surface area contributed by atoms with Crippen LogP contribution < -0.4 is 11.1 Å². The van der Waals surface area contributed by atoms with Gasteiger partial charge in [-0.05, 0) is 54.5 Å². The molecule has 0 amide bonds. The summed E-state index contributed by atoms with van der Waals surface area (Å²) in [5.74, 6) is 0.